The fourth-order valence-electron chi connectivity index (χ4n) is 2.92. The molecule has 2 aromatic rings. The Morgan fingerprint density at radius 2 is 1.96 bits per heavy atom. The number of Topliss-reactive ketones (excluding diaryl/α,β-unsaturated/α-hetero) is 1. The van der Waals surface area contributed by atoms with Crippen molar-refractivity contribution in [3.05, 3.63) is 39.8 Å². The molecule has 5 nitrogen and oxygen atoms in total. The van der Waals surface area contributed by atoms with E-state index < -0.39 is 0 Å². The van der Waals surface area contributed by atoms with E-state index in [1.54, 1.807) is 22.8 Å². The van der Waals surface area contributed by atoms with Crippen LogP contribution in [-0.2, 0) is 13.1 Å². The molecule has 2 rings (SSSR count). The van der Waals surface area contributed by atoms with Gasteiger partial charge in [-0.15, -0.1) is 12.4 Å². The number of fused-ring (bicyclic) bond motifs is 1. The largest absolute Gasteiger partial charge is 0.491 e. The summed E-state index contributed by atoms with van der Waals surface area (Å²) in [5.41, 5.74) is 7.16. The molecule has 0 amide bonds. The molecule has 0 atom stereocenters. The summed E-state index contributed by atoms with van der Waals surface area (Å²) < 4.78 is 7.77. The van der Waals surface area contributed by atoms with Crippen LogP contribution >= 0.6 is 12.4 Å². The minimum absolute atomic E-state index is 0. The van der Waals surface area contributed by atoms with Gasteiger partial charge in [-0.1, -0.05) is 33.3 Å². The molecular formula is C20H29ClN2O3. The number of hydrogen-bond donors (Lipinski definition) is 1. The SMILES string of the molecule is CCCCOc1c(CN)n(CC(C)C)c(=O)c2ccc(C(C)=O)cc12.Cl. The lowest BCUT2D eigenvalue weighted by Gasteiger charge is -2.20. The summed E-state index contributed by atoms with van der Waals surface area (Å²) in [5.74, 6) is 0.900. The van der Waals surface area contributed by atoms with Crippen LogP contribution in [0.5, 0.6) is 5.75 Å². The first kappa shape index (κ1) is 22.2. The van der Waals surface area contributed by atoms with Gasteiger partial charge in [0.15, 0.2) is 5.78 Å². The van der Waals surface area contributed by atoms with E-state index in [9.17, 15) is 9.59 Å². The van der Waals surface area contributed by atoms with Crippen molar-refractivity contribution in [2.75, 3.05) is 6.61 Å². The molecule has 0 saturated carbocycles. The van der Waals surface area contributed by atoms with E-state index in [-0.39, 0.29) is 30.3 Å². The lowest BCUT2D eigenvalue weighted by atomic mass is 10.0. The standard InChI is InChI=1S/C20H28N2O3.ClH/c1-5-6-9-25-19-17-10-15(14(4)23)7-8-16(17)20(24)22(12-13(2)3)18(19)11-21;/h7-8,10,13H,5-6,9,11-12,21H2,1-4H3;1H. The Morgan fingerprint density at radius 1 is 1.27 bits per heavy atom. The van der Waals surface area contributed by atoms with Gasteiger partial charge in [-0.05, 0) is 31.4 Å². The Balaban J connectivity index is 0.00000338. The number of hydrogen-bond acceptors (Lipinski definition) is 4. The van der Waals surface area contributed by atoms with E-state index >= 15 is 0 Å². The van der Waals surface area contributed by atoms with Crippen molar-refractivity contribution in [1.82, 2.24) is 4.57 Å². The van der Waals surface area contributed by atoms with Crippen LogP contribution in [0, 0.1) is 5.92 Å². The monoisotopic (exact) mass is 380 g/mol. The van der Waals surface area contributed by atoms with Crippen LogP contribution in [0.3, 0.4) is 0 Å². The summed E-state index contributed by atoms with van der Waals surface area (Å²) in [6, 6.07) is 5.17. The van der Waals surface area contributed by atoms with Crippen molar-refractivity contribution >= 4 is 29.0 Å². The molecule has 0 fully saturated rings. The zero-order valence-corrected chi connectivity index (χ0v) is 16.8. The Bertz CT molecular complexity index is 828. The van der Waals surface area contributed by atoms with Crippen LogP contribution in [0.1, 0.15) is 56.6 Å². The highest BCUT2D eigenvalue weighted by atomic mass is 35.5. The van der Waals surface area contributed by atoms with Crippen molar-refractivity contribution in [2.24, 2.45) is 11.7 Å². The van der Waals surface area contributed by atoms with Crippen LogP contribution < -0.4 is 16.0 Å². The van der Waals surface area contributed by atoms with Crippen molar-refractivity contribution in [3.8, 4) is 5.75 Å². The quantitative estimate of drug-likeness (QED) is 0.556. The minimum Gasteiger partial charge on any atom is -0.491 e. The van der Waals surface area contributed by atoms with Crippen LogP contribution in [0.15, 0.2) is 23.0 Å². The van der Waals surface area contributed by atoms with Crippen LogP contribution in [-0.4, -0.2) is 17.0 Å². The molecule has 2 N–H and O–H groups in total. The molecule has 0 unspecified atom stereocenters. The zero-order chi connectivity index (χ0) is 18.6. The molecule has 0 radical (unpaired) electrons. The van der Waals surface area contributed by atoms with Crippen molar-refractivity contribution in [1.29, 1.82) is 0 Å². The maximum absolute atomic E-state index is 13.0. The summed E-state index contributed by atoms with van der Waals surface area (Å²) in [6.07, 6.45) is 1.93. The van der Waals surface area contributed by atoms with Gasteiger partial charge in [0.25, 0.3) is 5.56 Å². The van der Waals surface area contributed by atoms with Gasteiger partial charge in [-0.3, -0.25) is 9.59 Å². The summed E-state index contributed by atoms with van der Waals surface area (Å²) >= 11 is 0. The van der Waals surface area contributed by atoms with E-state index in [0.29, 0.717) is 46.8 Å². The highest BCUT2D eigenvalue weighted by molar-refractivity contribution is 6.00. The Kier molecular flexibility index (Phi) is 8.31. The third-order valence-corrected chi connectivity index (χ3v) is 4.22. The third-order valence-electron chi connectivity index (χ3n) is 4.22. The fraction of sp³-hybridized carbons (Fsp3) is 0.500. The van der Waals surface area contributed by atoms with Crippen LogP contribution in [0.4, 0.5) is 0 Å². The Morgan fingerprint density at radius 3 is 2.50 bits per heavy atom. The average Bonchev–Trinajstić information content (AvgIpc) is 2.57. The fourth-order valence-corrected chi connectivity index (χ4v) is 2.92. The molecule has 1 aromatic carbocycles. The van der Waals surface area contributed by atoms with Gasteiger partial charge < -0.3 is 15.0 Å². The lowest BCUT2D eigenvalue weighted by molar-refractivity contribution is 0.101. The van der Waals surface area contributed by atoms with Gasteiger partial charge in [-0.2, -0.15) is 0 Å². The number of aromatic nitrogens is 1. The summed E-state index contributed by atoms with van der Waals surface area (Å²) in [6.45, 7) is 9.09. The number of nitrogens with zero attached hydrogens (tertiary/aromatic N) is 1. The van der Waals surface area contributed by atoms with Crippen molar-refractivity contribution in [3.63, 3.8) is 0 Å². The van der Waals surface area contributed by atoms with Crippen molar-refractivity contribution in [2.45, 2.75) is 53.6 Å². The van der Waals surface area contributed by atoms with Crippen LogP contribution in [0.25, 0.3) is 10.8 Å². The molecule has 1 aromatic heterocycles. The molecule has 6 heteroatoms. The van der Waals surface area contributed by atoms with Gasteiger partial charge in [0.1, 0.15) is 5.75 Å². The second-order valence-corrected chi connectivity index (χ2v) is 6.81. The van der Waals surface area contributed by atoms with E-state index in [0.717, 1.165) is 12.8 Å². The highest BCUT2D eigenvalue weighted by Gasteiger charge is 2.18. The van der Waals surface area contributed by atoms with E-state index in [1.807, 2.05) is 0 Å². The maximum Gasteiger partial charge on any atom is 0.258 e. The Labute approximate surface area is 160 Å². The molecule has 0 aliphatic heterocycles. The third kappa shape index (κ3) is 4.65. The molecule has 0 aliphatic carbocycles. The number of pyridine rings is 1. The summed E-state index contributed by atoms with van der Waals surface area (Å²) in [7, 11) is 0. The number of rotatable bonds is 8. The number of ketones is 1. The van der Waals surface area contributed by atoms with Crippen LogP contribution in [0.2, 0.25) is 0 Å². The molecule has 0 aliphatic rings. The maximum atomic E-state index is 13.0. The number of ether oxygens (including phenoxy) is 1. The second kappa shape index (κ2) is 9.74. The van der Waals surface area contributed by atoms with E-state index in [2.05, 4.69) is 20.8 Å². The predicted octanol–water partition coefficient (Wildman–Crippen LogP) is 3.92. The smallest absolute Gasteiger partial charge is 0.258 e. The topological polar surface area (TPSA) is 74.3 Å². The average molecular weight is 381 g/mol. The molecule has 0 bridgehead atoms. The molecule has 144 valence electrons. The van der Waals surface area contributed by atoms with Gasteiger partial charge in [0.05, 0.1) is 17.7 Å². The minimum atomic E-state index is -0.0814. The van der Waals surface area contributed by atoms with Gasteiger partial charge in [0, 0.05) is 24.0 Å². The molecule has 26 heavy (non-hydrogen) atoms. The molecule has 0 spiro atoms. The van der Waals surface area contributed by atoms with Crippen molar-refractivity contribution < 1.29 is 9.53 Å². The first-order valence-corrected chi connectivity index (χ1v) is 8.93. The number of carbonyl (C=O) groups excluding carboxylic acids is 1. The lowest BCUT2D eigenvalue weighted by Crippen LogP contribution is -2.28. The first-order valence-electron chi connectivity index (χ1n) is 8.93. The van der Waals surface area contributed by atoms with E-state index in [4.69, 9.17) is 10.5 Å². The number of nitrogens with two attached hydrogens (primary N) is 1. The first-order chi connectivity index (χ1) is 11.9. The summed E-state index contributed by atoms with van der Waals surface area (Å²) in [5, 5.41) is 1.24. The zero-order valence-electron chi connectivity index (χ0n) is 16.0. The van der Waals surface area contributed by atoms with Gasteiger partial charge in [0.2, 0.25) is 0 Å². The number of halogens is 1. The highest BCUT2D eigenvalue weighted by Crippen LogP contribution is 2.29. The molecule has 0 saturated heterocycles. The predicted molar refractivity (Wildman–Crippen MR) is 109 cm³/mol. The number of carbonyl (C=O) groups is 1. The summed E-state index contributed by atoms with van der Waals surface area (Å²) in [4.78, 5) is 24.7. The molecular weight excluding hydrogens is 352 g/mol. The number of benzene rings is 1. The number of unbranched alkanes of at least 4 members (excludes halogenated alkanes) is 1. The Hall–Kier alpha value is -1.85. The normalized spacial score (nSPS) is 10.8. The second-order valence-electron chi connectivity index (χ2n) is 6.81. The van der Waals surface area contributed by atoms with Gasteiger partial charge >= 0.3 is 0 Å². The van der Waals surface area contributed by atoms with Gasteiger partial charge in [-0.25, -0.2) is 0 Å². The van der Waals surface area contributed by atoms with E-state index in [1.165, 1.54) is 6.92 Å². The molecule has 1 heterocycles.